The van der Waals surface area contributed by atoms with Crippen LogP contribution in [0.3, 0.4) is 0 Å². The van der Waals surface area contributed by atoms with Crippen molar-refractivity contribution in [3.8, 4) is 11.4 Å². The molecule has 3 aromatic rings. The van der Waals surface area contributed by atoms with Crippen LogP contribution in [0.5, 0.6) is 0 Å². The van der Waals surface area contributed by atoms with Crippen LogP contribution in [-0.4, -0.2) is 26.8 Å². The van der Waals surface area contributed by atoms with Gasteiger partial charge >= 0.3 is 5.69 Å². The van der Waals surface area contributed by atoms with Crippen molar-refractivity contribution >= 4 is 17.4 Å². The average Bonchev–Trinajstić information content (AvgIpc) is 2.98. The molecule has 0 atom stereocenters. The molecule has 30 heavy (non-hydrogen) atoms. The molecule has 0 N–H and O–H groups in total. The number of aryl methyl sites for hydroxylation is 1. The van der Waals surface area contributed by atoms with Gasteiger partial charge in [-0.25, -0.2) is 13.9 Å². The molecule has 3 rings (SSSR count). The highest BCUT2D eigenvalue weighted by molar-refractivity contribution is 6.30. The zero-order valence-corrected chi connectivity index (χ0v) is 18.1. The number of rotatable bonds is 8. The van der Waals surface area contributed by atoms with Gasteiger partial charge in [0.15, 0.2) is 11.6 Å². The number of carbonyl (C=O) groups excluding carboxylic acids is 1. The van der Waals surface area contributed by atoms with Crippen molar-refractivity contribution in [1.82, 2.24) is 14.3 Å². The molecular weight excluding hydrogens is 405 g/mol. The minimum Gasteiger partial charge on any atom is -0.298 e. The van der Waals surface area contributed by atoms with Gasteiger partial charge in [-0.3, -0.25) is 9.36 Å². The topological polar surface area (TPSA) is 56.9 Å². The molecule has 0 aliphatic rings. The van der Waals surface area contributed by atoms with Gasteiger partial charge in [-0.15, -0.1) is 5.10 Å². The molecule has 0 unspecified atom stereocenters. The Morgan fingerprint density at radius 3 is 2.50 bits per heavy atom. The lowest BCUT2D eigenvalue weighted by Gasteiger charge is -2.24. The summed E-state index contributed by atoms with van der Waals surface area (Å²) in [4.78, 5) is 25.6. The second-order valence-electron chi connectivity index (χ2n) is 8.08. The Bertz CT molecular complexity index is 1100. The molecule has 0 aliphatic heterocycles. The average molecular weight is 430 g/mol. The Morgan fingerprint density at radius 1 is 1.17 bits per heavy atom. The van der Waals surface area contributed by atoms with E-state index >= 15 is 0 Å². The number of Topliss-reactive ketones (excluding diaryl/α,β-unsaturated/α-hetero) is 1. The summed E-state index contributed by atoms with van der Waals surface area (Å²) in [5.41, 5.74) is 1.94. The van der Waals surface area contributed by atoms with Gasteiger partial charge in [-0.1, -0.05) is 55.3 Å². The molecule has 0 aliphatic carbocycles. The third kappa shape index (κ3) is 4.87. The molecule has 0 saturated carbocycles. The molecule has 0 amide bonds. The number of ketones is 1. The summed E-state index contributed by atoms with van der Waals surface area (Å²) in [5, 5.41) is 4.87. The fourth-order valence-electron chi connectivity index (χ4n) is 3.53. The van der Waals surface area contributed by atoms with Gasteiger partial charge in [0, 0.05) is 17.0 Å². The summed E-state index contributed by atoms with van der Waals surface area (Å²) >= 11 is 5.93. The third-order valence-electron chi connectivity index (χ3n) is 5.10. The van der Waals surface area contributed by atoms with Gasteiger partial charge in [-0.2, -0.15) is 0 Å². The van der Waals surface area contributed by atoms with Crippen LogP contribution in [0.2, 0.25) is 5.02 Å². The SMILES string of the molecule is Cc1cccc(C(C)(C)CC(=O)Cn2nc(-c3ccc(Cl)cc3)n(CCF)c2=O)c1. The van der Waals surface area contributed by atoms with E-state index in [1.54, 1.807) is 24.3 Å². The quantitative estimate of drug-likeness (QED) is 0.526. The first-order valence-electron chi connectivity index (χ1n) is 9.79. The van der Waals surface area contributed by atoms with E-state index in [-0.39, 0.29) is 30.7 Å². The second-order valence-corrected chi connectivity index (χ2v) is 8.52. The highest BCUT2D eigenvalue weighted by atomic mass is 35.5. The van der Waals surface area contributed by atoms with Crippen molar-refractivity contribution in [3.05, 3.63) is 75.2 Å². The molecule has 0 spiro atoms. The number of nitrogens with zero attached hydrogens (tertiary/aromatic N) is 3. The lowest BCUT2D eigenvalue weighted by Crippen LogP contribution is -2.31. The lowest BCUT2D eigenvalue weighted by atomic mass is 9.79. The Labute approximate surface area is 180 Å². The predicted molar refractivity (Wildman–Crippen MR) is 117 cm³/mol. The number of alkyl halides is 1. The molecule has 0 radical (unpaired) electrons. The molecule has 7 heteroatoms. The summed E-state index contributed by atoms with van der Waals surface area (Å²) in [5.74, 6) is 0.205. The largest absolute Gasteiger partial charge is 0.346 e. The maximum atomic E-state index is 13.0. The zero-order valence-electron chi connectivity index (χ0n) is 17.4. The molecule has 0 saturated heterocycles. The monoisotopic (exact) mass is 429 g/mol. The Kier molecular flexibility index (Phi) is 6.56. The highest BCUT2D eigenvalue weighted by Crippen LogP contribution is 2.28. The van der Waals surface area contributed by atoms with Gasteiger partial charge in [0.25, 0.3) is 0 Å². The first-order chi connectivity index (χ1) is 14.2. The molecule has 1 aromatic heterocycles. The van der Waals surface area contributed by atoms with Gasteiger partial charge in [0.2, 0.25) is 0 Å². The number of carbonyl (C=O) groups is 1. The lowest BCUT2D eigenvalue weighted by molar-refractivity contribution is -0.120. The van der Waals surface area contributed by atoms with Crippen molar-refractivity contribution < 1.29 is 9.18 Å². The van der Waals surface area contributed by atoms with Crippen molar-refractivity contribution in [2.24, 2.45) is 0 Å². The van der Waals surface area contributed by atoms with Crippen LogP contribution in [0.15, 0.2) is 53.3 Å². The maximum absolute atomic E-state index is 13.0. The van der Waals surface area contributed by atoms with Gasteiger partial charge in [0.05, 0.1) is 6.54 Å². The molecular formula is C23H25ClFN3O2. The van der Waals surface area contributed by atoms with Gasteiger partial charge in [-0.05, 0) is 42.2 Å². The number of hydrogen-bond donors (Lipinski definition) is 0. The van der Waals surface area contributed by atoms with Crippen LogP contribution in [0, 0.1) is 6.92 Å². The summed E-state index contributed by atoms with van der Waals surface area (Å²) in [6.07, 6.45) is 0.259. The summed E-state index contributed by atoms with van der Waals surface area (Å²) in [7, 11) is 0. The number of halogens is 2. The zero-order chi connectivity index (χ0) is 21.9. The third-order valence-corrected chi connectivity index (χ3v) is 5.35. The minimum absolute atomic E-state index is 0.115. The standard InChI is InChI=1S/C23H25ClFN3O2/c1-16-5-4-6-18(13-16)23(2,3)14-20(29)15-28-22(30)27(12-11-25)21(26-28)17-7-9-19(24)10-8-17/h4-10,13H,11-12,14-15H2,1-3H3. The Morgan fingerprint density at radius 2 is 1.87 bits per heavy atom. The van der Waals surface area contributed by atoms with Gasteiger partial charge < -0.3 is 0 Å². The first-order valence-corrected chi connectivity index (χ1v) is 10.2. The Balaban J connectivity index is 1.85. The van der Waals surface area contributed by atoms with Crippen molar-refractivity contribution in [3.63, 3.8) is 0 Å². The van der Waals surface area contributed by atoms with E-state index in [2.05, 4.69) is 11.2 Å². The fourth-order valence-corrected chi connectivity index (χ4v) is 3.65. The van der Waals surface area contributed by atoms with E-state index in [1.807, 2.05) is 39.0 Å². The van der Waals surface area contributed by atoms with Gasteiger partial charge in [0.1, 0.15) is 13.2 Å². The highest BCUT2D eigenvalue weighted by Gasteiger charge is 2.25. The van der Waals surface area contributed by atoms with Crippen LogP contribution in [-0.2, 0) is 23.3 Å². The summed E-state index contributed by atoms with van der Waals surface area (Å²) < 4.78 is 15.4. The van der Waals surface area contributed by atoms with E-state index in [4.69, 9.17) is 11.6 Å². The summed E-state index contributed by atoms with van der Waals surface area (Å²) in [6, 6.07) is 14.8. The van der Waals surface area contributed by atoms with E-state index < -0.39 is 12.4 Å². The Hall–Kier alpha value is -2.73. The predicted octanol–water partition coefficient (Wildman–Crippen LogP) is 4.58. The van der Waals surface area contributed by atoms with E-state index in [0.717, 1.165) is 15.8 Å². The van der Waals surface area contributed by atoms with Crippen molar-refractivity contribution in [2.75, 3.05) is 6.67 Å². The minimum atomic E-state index is -0.708. The van der Waals surface area contributed by atoms with Crippen LogP contribution >= 0.6 is 11.6 Å². The molecule has 2 aromatic carbocycles. The van der Waals surface area contributed by atoms with Crippen LogP contribution in [0.4, 0.5) is 4.39 Å². The van der Waals surface area contributed by atoms with Crippen LogP contribution in [0.25, 0.3) is 11.4 Å². The molecule has 0 bridgehead atoms. The number of aromatic nitrogens is 3. The second kappa shape index (κ2) is 8.96. The number of benzene rings is 2. The van der Waals surface area contributed by atoms with Crippen LogP contribution < -0.4 is 5.69 Å². The fraction of sp³-hybridized carbons (Fsp3) is 0.348. The molecule has 1 heterocycles. The first kappa shape index (κ1) is 22.0. The summed E-state index contributed by atoms with van der Waals surface area (Å²) in [6.45, 7) is 5.03. The van der Waals surface area contributed by atoms with Crippen molar-refractivity contribution in [1.29, 1.82) is 0 Å². The van der Waals surface area contributed by atoms with E-state index in [0.29, 0.717) is 16.4 Å². The maximum Gasteiger partial charge on any atom is 0.346 e. The molecule has 158 valence electrons. The molecule has 0 fully saturated rings. The molecule has 5 nitrogen and oxygen atoms in total. The normalized spacial score (nSPS) is 11.6. The van der Waals surface area contributed by atoms with E-state index in [9.17, 15) is 14.0 Å². The number of hydrogen-bond acceptors (Lipinski definition) is 3. The van der Waals surface area contributed by atoms with E-state index in [1.165, 1.54) is 4.57 Å². The van der Waals surface area contributed by atoms with Crippen LogP contribution in [0.1, 0.15) is 31.4 Å². The smallest absolute Gasteiger partial charge is 0.298 e. The van der Waals surface area contributed by atoms with Crippen molar-refractivity contribution in [2.45, 2.75) is 45.7 Å².